The molecule has 118 valence electrons. The molecule has 0 unspecified atom stereocenters. The van der Waals surface area contributed by atoms with Gasteiger partial charge in [-0.05, 0) is 49.2 Å². The van der Waals surface area contributed by atoms with Crippen LogP contribution in [0.3, 0.4) is 0 Å². The lowest BCUT2D eigenvalue weighted by molar-refractivity contribution is 0.590. The van der Waals surface area contributed by atoms with Gasteiger partial charge < -0.3 is 0 Å². The highest BCUT2D eigenvalue weighted by Gasteiger charge is 2.27. The molecule has 0 spiro atoms. The van der Waals surface area contributed by atoms with E-state index in [1.165, 1.54) is 16.4 Å². The largest absolute Gasteiger partial charge is 0.266 e. The van der Waals surface area contributed by atoms with Crippen LogP contribution in [-0.2, 0) is 10.0 Å². The highest BCUT2D eigenvalue weighted by Crippen LogP contribution is 2.31. The average Bonchev–Trinajstić information content (AvgIpc) is 2.47. The van der Waals surface area contributed by atoms with E-state index in [1.807, 2.05) is 32.0 Å². The lowest BCUT2D eigenvalue weighted by Gasteiger charge is -2.25. The highest BCUT2D eigenvalue weighted by atomic mass is 35.5. The Morgan fingerprint density at radius 3 is 2.45 bits per heavy atom. The van der Waals surface area contributed by atoms with Gasteiger partial charge in [-0.1, -0.05) is 42.3 Å². The maximum Gasteiger partial charge on any atom is 0.265 e. The van der Waals surface area contributed by atoms with Gasteiger partial charge in [0, 0.05) is 11.6 Å². The zero-order valence-corrected chi connectivity index (χ0v) is 14.7. The van der Waals surface area contributed by atoms with Gasteiger partial charge in [-0.3, -0.25) is 4.31 Å². The molecule has 0 N–H and O–H groups in total. The first kappa shape index (κ1) is 17.1. The molecule has 0 saturated heterocycles. The molecule has 2 aromatic carbocycles. The molecular formula is C16H17Cl2NO2S. The minimum absolute atomic E-state index is 0.0247. The molecule has 0 atom stereocenters. The summed E-state index contributed by atoms with van der Waals surface area (Å²) in [4.78, 5) is 0.0247. The average molecular weight is 358 g/mol. The van der Waals surface area contributed by atoms with Crippen LogP contribution < -0.4 is 4.31 Å². The summed E-state index contributed by atoms with van der Waals surface area (Å²) in [6.45, 7) is 4.22. The van der Waals surface area contributed by atoms with Crippen LogP contribution in [0.4, 0.5) is 5.69 Å². The van der Waals surface area contributed by atoms with Gasteiger partial charge in [-0.2, -0.15) is 0 Å². The Kier molecular flexibility index (Phi) is 5.37. The summed E-state index contributed by atoms with van der Waals surface area (Å²) < 4.78 is 27.4. The molecule has 0 aliphatic rings. The van der Waals surface area contributed by atoms with E-state index >= 15 is 0 Å². The standard InChI is InChI=1S/C16H17Cl2NO2S/c1-3-9-19(14-6-4-5-12(2)10-14)22(20,21)16-11-13(17)7-8-15(16)18/h4-8,10-11H,3,9H2,1-2H3. The van der Waals surface area contributed by atoms with Gasteiger partial charge in [0.1, 0.15) is 4.90 Å². The second kappa shape index (κ2) is 6.90. The van der Waals surface area contributed by atoms with E-state index in [0.717, 1.165) is 5.56 Å². The number of aryl methyl sites for hydroxylation is 1. The summed E-state index contributed by atoms with van der Waals surface area (Å²) in [6.07, 6.45) is 0.686. The van der Waals surface area contributed by atoms with Gasteiger partial charge in [0.25, 0.3) is 10.0 Å². The van der Waals surface area contributed by atoms with Gasteiger partial charge in [0.2, 0.25) is 0 Å². The van der Waals surface area contributed by atoms with Gasteiger partial charge >= 0.3 is 0 Å². The van der Waals surface area contributed by atoms with Crippen molar-refractivity contribution in [3.05, 3.63) is 58.1 Å². The number of benzene rings is 2. The fraction of sp³-hybridized carbons (Fsp3) is 0.250. The molecule has 0 bridgehead atoms. The zero-order valence-electron chi connectivity index (χ0n) is 12.4. The Labute approximate surface area is 141 Å². The maximum atomic E-state index is 13.0. The lowest BCUT2D eigenvalue weighted by Crippen LogP contribution is -2.32. The van der Waals surface area contributed by atoms with Crippen LogP contribution in [0.2, 0.25) is 10.0 Å². The molecule has 0 amide bonds. The van der Waals surface area contributed by atoms with E-state index in [2.05, 4.69) is 0 Å². The number of anilines is 1. The topological polar surface area (TPSA) is 37.4 Å². The molecular weight excluding hydrogens is 341 g/mol. The highest BCUT2D eigenvalue weighted by molar-refractivity contribution is 7.93. The van der Waals surface area contributed by atoms with Crippen molar-refractivity contribution in [2.24, 2.45) is 0 Å². The number of sulfonamides is 1. The minimum Gasteiger partial charge on any atom is -0.266 e. The smallest absolute Gasteiger partial charge is 0.265 e. The van der Waals surface area contributed by atoms with Crippen LogP contribution in [0.1, 0.15) is 18.9 Å². The van der Waals surface area contributed by atoms with E-state index in [9.17, 15) is 8.42 Å². The molecule has 0 radical (unpaired) electrons. The molecule has 6 heteroatoms. The lowest BCUT2D eigenvalue weighted by atomic mass is 10.2. The Balaban J connectivity index is 2.58. The molecule has 0 saturated carbocycles. The quantitative estimate of drug-likeness (QED) is 0.762. The maximum absolute atomic E-state index is 13.0. The van der Waals surface area contributed by atoms with Crippen molar-refractivity contribution < 1.29 is 8.42 Å². The Hall–Kier alpha value is -1.23. The first-order chi connectivity index (χ1) is 10.4. The third-order valence-electron chi connectivity index (χ3n) is 3.18. The molecule has 3 nitrogen and oxygen atoms in total. The van der Waals surface area contributed by atoms with Crippen molar-refractivity contribution in [1.82, 2.24) is 0 Å². The van der Waals surface area contributed by atoms with Gasteiger partial charge in [-0.15, -0.1) is 0 Å². The fourth-order valence-electron chi connectivity index (χ4n) is 2.17. The van der Waals surface area contributed by atoms with Crippen molar-refractivity contribution in [2.75, 3.05) is 10.8 Å². The van der Waals surface area contributed by atoms with Crippen molar-refractivity contribution in [3.63, 3.8) is 0 Å². The van der Waals surface area contributed by atoms with Crippen LogP contribution in [0.15, 0.2) is 47.4 Å². The summed E-state index contributed by atoms with van der Waals surface area (Å²) in [7, 11) is -3.77. The van der Waals surface area contributed by atoms with Crippen molar-refractivity contribution >= 4 is 38.9 Å². The molecule has 0 aromatic heterocycles. The SMILES string of the molecule is CCCN(c1cccc(C)c1)S(=O)(=O)c1cc(Cl)ccc1Cl. The third-order valence-corrected chi connectivity index (χ3v) is 5.72. The molecule has 22 heavy (non-hydrogen) atoms. The Morgan fingerprint density at radius 1 is 1.09 bits per heavy atom. The van der Waals surface area contributed by atoms with Crippen LogP contribution in [0.25, 0.3) is 0 Å². The van der Waals surface area contributed by atoms with E-state index in [1.54, 1.807) is 12.1 Å². The minimum atomic E-state index is -3.77. The second-order valence-corrected chi connectivity index (χ2v) is 7.67. The first-order valence-electron chi connectivity index (χ1n) is 6.90. The summed E-state index contributed by atoms with van der Waals surface area (Å²) in [5.41, 5.74) is 1.61. The van der Waals surface area contributed by atoms with Gasteiger partial charge in [0.05, 0.1) is 10.7 Å². The van der Waals surface area contributed by atoms with E-state index in [-0.39, 0.29) is 9.92 Å². The monoisotopic (exact) mass is 357 g/mol. The Morgan fingerprint density at radius 2 is 1.82 bits per heavy atom. The van der Waals surface area contributed by atoms with Crippen LogP contribution in [-0.4, -0.2) is 15.0 Å². The van der Waals surface area contributed by atoms with E-state index < -0.39 is 10.0 Å². The predicted octanol–water partition coefficient (Wildman–Crippen LogP) is 4.91. The zero-order chi connectivity index (χ0) is 16.3. The molecule has 0 aliphatic heterocycles. The molecule has 2 rings (SSSR count). The number of hydrogen-bond donors (Lipinski definition) is 0. The predicted molar refractivity (Wildman–Crippen MR) is 92.5 cm³/mol. The molecule has 0 heterocycles. The molecule has 0 fully saturated rings. The number of halogens is 2. The van der Waals surface area contributed by atoms with E-state index in [4.69, 9.17) is 23.2 Å². The van der Waals surface area contributed by atoms with Crippen LogP contribution in [0.5, 0.6) is 0 Å². The third kappa shape index (κ3) is 3.57. The summed E-state index contributed by atoms with van der Waals surface area (Å²) >= 11 is 12.0. The van der Waals surface area contributed by atoms with Crippen LogP contribution in [0, 0.1) is 6.92 Å². The van der Waals surface area contributed by atoms with Crippen LogP contribution >= 0.6 is 23.2 Å². The normalized spacial score (nSPS) is 11.5. The summed E-state index contributed by atoms with van der Waals surface area (Å²) in [6, 6.07) is 11.8. The number of hydrogen-bond acceptors (Lipinski definition) is 2. The summed E-state index contributed by atoms with van der Waals surface area (Å²) in [5.74, 6) is 0. The van der Waals surface area contributed by atoms with Gasteiger partial charge in [0.15, 0.2) is 0 Å². The molecule has 2 aromatic rings. The van der Waals surface area contributed by atoms with Gasteiger partial charge in [-0.25, -0.2) is 8.42 Å². The van der Waals surface area contributed by atoms with Crippen molar-refractivity contribution in [2.45, 2.75) is 25.2 Å². The second-order valence-electron chi connectivity index (χ2n) is 4.99. The fourth-order valence-corrected chi connectivity index (χ4v) is 4.46. The summed E-state index contributed by atoms with van der Waals surface area (Å²) in [5, 5.41) is 0.502. The Bertz CT molecular complexity index is 775. The first-order valence-corrected chi connectivity index (χ1v) is 9.10. The van der Waals surface area contributed by atoms with E-state index in [0.29, 0.717) is 23.7 Å². The van der Waals surface area contributed by atoms with Crippen molar-refractivity contribution in [3.8, 4) is 0 Å². The number of nitrogens with zero attached hydrogens (tertiary/aromatic N) is 1. The van der Waals surface area contributed by atoms with Crippen molar-refractivity contribution in [1.29, 1.82) is 0 Å². The molecule has 0 aliphatic carbocycles. The number of rotatable bonds is 5.